The average molecular weight is 301 g/mol. The number of hydrogen-bond acceptors (Lipinski definition) is 2. The summed E-state index contributed by atoms with van der Waals surface area (Å²) >= 11 is 6.11. The van der Waals surface area contributed by atoms with Gasteiger partial charge in [-0.1, -0.05) is 23.7 Å². The van der Waals surface area contributed by atoms with Crippen LogP contribution in [0, 0.1) is 0 Å². The molecule has 0 unspecified atom stereocenters. The molecule has 0 aliphatic heterocycles. The monoisotopic (exact) mass is 300 g/mol. The van der Waals surface area contributed by atoms with Crippen molar-refractivity contribution in [2.75, 3.05) is 27.2 Å². The van der Waals surface area contributed by atoms with Crippen LogP contribution in [-0.2, 0) is 17.0 Å². The van der Waals surface area contributed by atoms with E-state index in [1.165, 1.54) is 13.8 Å². The second kappa shape index (κ2) is 7.04. The van der Waals surface area contributed by atoms with Crippen LogP contribution in [0.5, 0.6) is 0 Å². The first-order valence-electron chi connectivity index (χ1n) is 6.56. The van der Waals surface area contributed by atoms with Gasteiger partial charge in [0.1, 0.15) is 5.67 Å². The lowest BCUT2D eigenvalue weighted by atomic mass is 9.98. The summed E-state index contributed by atoms with van der Waals surface area (Å²) in [5.74, 6) is 0. The van der Waals surface area contributed by atoms with Crippen molar-refractivity contribution in [3.8, 4) is 0 Å². The Balaban J connectivity index is 2.77. The first-order valence-corrected chi connectivity index (χ1v) is 6.93. The molecular formula is C15H22ClFN2O. The van der Waals surface area contributed by atoms with Gasteiger partial charge < -0.3 is 9.80 Å². The van der Waals surface area contributed by atoms with Gasteiger partial charge in [0.25, 0.3) is 0 Å². The number of hydrogen-bond donors (Lipinski definition) is 0. The minimum absolute atomic E-state index is 0.397. The molecule has 1 amide bonds. The summed E-state index contributed by atoms with van der Waals surface area (Å²) in [4.78, 5) is 14.7. The summed E-state index contributed by atoms with van der Waals surface area (Å²) in [5, 5.41) is 0.397. The Bertz CT molecular complexity index is 458. The van der Waals surface area contributed by atoms with E-state index in [-0.39, 0.29) is 0 Å². The van der Waals surface area contributed by atoms with Crippen molar-refractivity contribution in [1.82, 2.24) is 9.80 Å². The Morgan fingerprint density at radius 2 is 1.95 bits per heavy atom. The number of carbonyl (C=O) groups excluding carboxylic acids is 1. The van der Waals surface area contributed by atoms with Crippen LogP contribution in [-0.4, -0.2) is 43.4 Å². The summed E-state index contributed by atoms with van der Waals surface area (Å²) in [5.41, 5.74) is -0.104. The molecule has 0 atom stereocenters. The SMILES string of the molecule is CN(C)CCN(C=O)Cc1ccc(C(C)(C)F)c(Cl)c1. The zero-order valence-electron chi connectivity index (χ0n) is 12.5. The van der Waals surface area contributed by atoms with Crippen molar-refractivity contribution in [3.63, 3.8) is 0 Å². The summed E-state index contributed by atoms with van der Waals surface area (Å²) in [7, 11) is 3.91. The Morgan fingerprint density at radius 3 is 2.40 bits per heavy atom. The number of carbonyl (C=O) groups is 1. The first kappa shape index (κ1) is 16.9. The molecule has 0 aliphatic carbocycles. The molecule has 112 valence electrons. The van der Waals surface area contributed by atoms with Gasteiger partial charge in [0.05, 0.1) is 0 Å². The molecule has 0 saturated carbocycles. The second-order valence-corrected chi connectivity index (χ2v) is 6.07. The van der Waals surface area contributed by atoms with Gasteiger partial charge in [0, 0.05) is 30.2 Å². The minimum atomic E-state index is -1.47. The Hall–Kier alpha value is -1.13. The lowest BCUT2D eigenvalue weighted by Crippen LogP contribution is -2.30. The van der Waals surface area contributed by atoms with Gasteiger partial charge in [0.15, 0.2) is 0 Å². The topological polar surface area (TPSA) is 23.6 Å². The molecule has 1 aromatic rings. The highest BCUT2D eigenvalue weighted by Crippen LogP contribution is 2.31. The number of amides is 1. The smallest absolute Gasteiger partial charge is 0.210 e. The average Bonchev–Trinajstić information content (AvgIpc) is 2.32. The number of alkyl halides is 1. The van der Waals surface area contributed by atoms with Crippen LogP contribution in [0.15, 0.2) is 18.2 Å². The van der Waals surface area contributed by atoms with E-state index >= 15 is 0 Å². The fourth-order valence-electron chi connectivity index (χ4n) is 1.87. The third kappa shape index (κ3) is 5.10. The number of nitrogens with zero attached hydrogens (tertiary/aromatic N) is 2. The van der Waals surface area contributed by atoms with E-state index in [0.29, 0.717) is 23.7 Å². The first-order chi connectivity index (χ1) is 9.24. The van der Waals surface area contributed by atoms with Crippen LogP contribution in [0.25, 0.3) is 0 Å². The van der Waals surface area contributed by atoms with E-state index in [1.54, 1.807) is 17.0 Å². The van der Waals surface area contributed by atoms with Crippen molar-refractivity contribution in [3.05, 3.63) is 34.3 Å². The van der Waals surface area contributed by atoms with Crippen LogP contribution in [0.3, 0.4) is 0 Å². The fourth-order valence-corrected chi connectivity index (χ4v) is 2.30. The van der Waals surface area contributed by atoms with Crippen molar-refractivity contribution in [2.45, 2.75) is 26.1 Å². The molecule has 0 spiro atoms. The zero-order chi connectivity index (χ0) is 15.3. The Morgan fingerprint density at radius 1 is 1.30 bits per heavy atom. The maximum absolute atomic E-state index is 13.9. The second-order valence-electron chi connectivity index (χ2n) is 5.67. The van der Waals surface area contributed by atoms with Gasteiger partial charge in [-0.3, -0.25) is 4.79 Å². The fraction of sp³-hybridized carbons (Fsp3) is 0.533. The summed E-state index contributed by atoms with van der Waals surface area (Å²) in [6.07, 6.45) is 0.824. The van der Waals surface area contributed by atoms with Gasteiger partial charge >= 0.3 is 0 Å². The lowest BCUT2D eigenvalue weighted by molar-refractivity contribution is -0.118. The molecule has 5 heteroatoms. The van der Waals surface area contributed by atoms with Crippen LogP contribution in [0.2, 0.25) is 5.02 Å². The largest absolute Gasteiger partial charge is 0.340 e. The van der Waals surface area contributed by atoms with Crippen LogP contribution >= 0.6 is 11.6 Å². The molecule has 3 nitrogen and oxygen atoms in total. The Labute approximate surface area is 125 Å². The summed E-state index contributed by atoms with van der Waals surface area (Å²) in [6, 6.07) is 5.23. The molecule has 0 heterocycles. The maximum Gasteiger partial charge on any atom is 0.210 e. The number of rotatable bonds is 7. The van der Waals surface area contributed by atoms with Gasteiger partial charge in [-0.2, -0.15) is 0 Å². The molecule has 0 radical (unpaired) electrons. The normalized spacial score (nSPS) is 11.8. The van der Waals surface area contributed by atoms with E-state index in [9.17, 15) is 9.18 Å². The molecule has 0 fully saturated rings. The molecule has 0 aliphatic rings. The molecule has 0 aromatic heterocycles. The van der Waals surface area contributed by atoms with E-state index in [4.69, 9.17) is 11.6 Å². The maximum atomic E-state index is 13.9. The molecular weight excluding hydrogens is 279 g/mol. The summed E-state index contributed by atoms with van der Waals surface area (Å²) < 4.78 is 13.9. The standard InChI is InChI=1S/C15H22ClFN2O/c1-15(2,17)13-6-5-12(9-14(13)16)10-19(11-20)8-7-18(3)4/h5-6,9,11H,7-8,10H2,1-4H3. The van der Waals surface area contributed by atoms with Crippen molar-refractivity contribution < 1.29 is 9.18 Å². The number of halogens is 2. The van der Waals surface area contributed by atoms with Crippen LogP contribution < -0.4 is 0 Å². The van der Waals surface area contributed by atoms with Gasteiger partial charge in [-0.25, -0.2) is 4.39 Å². The highest BCUT2D eigenvalue weighted by atomic mass is 35.5. The van der Waals surface area contributed by atoms with Crippen LogP contribution in [0.4, 0.5) is 4.39 Å². The highest BCUT2D eigenvalue weighted by Gasteiger charge is 2.22. The molecule has 0 saturated heterocycles. The van der Waals surface area contributed by atoms with E-state index in [0.717, 1.165) is 18.5 Å². The van der Waals surface area contributed by atoms with Gasteiger partial charge in [-0.15, -0.1) is 0 Å². The number of likely N-dealkylation sites (N-methyl/N-ethyl adjacent to an activating group) is 1. The Kier molecular flexibility index (Phi) is 5.96. The van der Waals surface area contributed by atoms with Gasteiger partial charge in [-0.05, 0) is 39.6 Å². The van der Waals surface area contributed by atoms with Gasteiger partial charge in [0.2, 0.25) is 6.41 Å². The molecule has 0 N–H and O–H groups in total. The quantitative estimate of drug-likeness (QED) is 0.723. The van der Waals surface area contributed by atoms with Crippen molar-refractivity contribution in [1.29, 1.82) is 0 Å². The van der Waals surface area contributed by atoms with Crippen LogP contribution in [0.1, 0.15) is 25.0 Å². The zero-order valence-corrected chi connectivity index (χ0v) is 13.2. The molecule has 1 aromatic carbocycles. The van der Waals surface area contributed by atoms with E-state index in [2.05, 4.69) is 0 Å². The minimum Gasteiger partial charge on any atom is -0.340 e. The van der Waals surface area contributed by atoms with E-state index < -0.39 is 5.67 Å². The summed E-state index contributed by atoms with van der Waals surface area (Å²) in [6.45, 7) is 4.86. The predicted molar refractivity (Wildman–Crippen MR) is 80.6 cm³/mol. The van der Waals surface area contributed by atoms with Crippen molar-refractivity contribution in [2.24, 2.45) is 0 Å². The number of benzene rings is 1. The third-order valence-corrected chi connectivity index (χ3v) is 3.36. The predicted octanol–water partition coefficient (Wildman–Crippen LogP) is 3.06. The lowest BCUT2D eigenvalue weighted by Gasteiger charge is -2.21. The molecule has 0 bridgehead atoms. The van der Waals surface area contributed by atoms with E-state index in [1.807, 2.05) is 25.1 Å². The molecule has 20 heavy (non-hydrogen) atoms. The van der Waals surface area contributed by atoms with Crippen molar-refractivity contribution >= 4 is 18.0 Å². The molecule has 1 rings (SSSR count). The third-order valence-electron chi connectivity index (χ3n) is 3.04. The highest BCUT2D eigenvalue weighted by molar-refractivity contribution is 6.31.